The first kappa shape index (κ1) is 18.5. The molecule has 5 rings (SSSR count). The van der Waals surface area contributed by atoms with Crippen molar-refractivity contribution >= 4 is 8.32 Å². The number of aliphatic hydroxyl groups excluding tert-OH is 1. The van der Waals surface area contributed by atoms with E-state index in [1.807, 2.05) is 0 Å². The Bertz CT molecular complexity index is 525. The van der Waals surface area contributed by atoms with Crippen LogP contribution in [0.4, 0.5) is 0 Å². The lowest BCUT2D eigenvalue weighted by atomic mass is 9.37. The zero-order valence-corrected chi connectivity index (χ0v) is 18.1. The lowest BCUT2D eigenvalue weighted by Gasteiger charge is -2.68. The minimum absolute atomic E-state index is 0.0206. The van der Waals surface area contributed by atoms with E-state index in [2.05, 4.69) is 41.5 Å². The first-order valence-corrected chi connectivity index (χ1v) is 12.8. The summed E-state index contributed by atoms with van der Waals surface area (Å²) in [6.45, 7) is 15.8. The van der Waals surface area contributed by atoms with Crippen molar-refractivity contribution in [1.29, 1.82) is 0 Å². The Labute approximate surface area is 155 Å². The van der Waals surface area contributed by atoms with Crippen molar-refractivity contribution in [1.82, 2.24) is 0 Å². The highest BCUT2D eigenvalue weighted by Gasteiger charge is 2.90. The number of hydrogen-bond donors (Lipinski definition) is 1. The molecule has 1 spiro atoms. The minimum Gasteiger partial charge on any atom is -0.415 e. The van der Waals surface area contributed by atoms with Crippen molar-refractivity contribution in [3.63, 3.8) is 0 Å². The number of rotatable bonds is 6. The second-order valence-corrected chi connectivity index (χ2v) is 16.0. The predicted octanol–water partition coefficient (Wildman–Crippen LogP) is 4.89. The molecule has 4 saturated carbocycles. The Morgan fingerprint density at radius 1 is 1.04 bits per heavy atom. The highest BCUT2D eigenvalue weighted by atomic mass is 28.4. The number of ether oxygens (including phenoxy) is 1. The van der Waals surface area contributed by atoms with E-state index in [1.165, 1.54) is 25.7 Å². The average molecular weight is 367 g/mol. The van der Waals surface area contributed by atoms with E-state index in [-0.39, 0.29) is 22.3 Å². The molecule has 25 heavy (non-hydrogen) atoms. The van der Waals surface area contributed by atoms with Gasteiger partial charge in [0.1, 0.15) is 0 Å². The standard InChI is InChI=1S/C21H38O3Si/c1-14(2)25(15(3)4,16(5)6)24-12-19-11-17-21(18(19)22)10-8-7-9-20(19,21)13-23-17/h14-18,22H,7-13H2,1-6H3/t17-,18+,19-,20+,21-/m0/s1. The first-order chi connectivity index (χ1) is 11.7. The summed E-state index contributed by atoms with van der Waals surface area (Å²) in [4.78, 5) is 0. The molecule has 4 heteroatoms. The van der Waals surface area contributed by atoms with Gasteiger partial charge < -0.3 is 14.3 Å². The van der Waals surface area contributed by atoms with Gasteiger partial charge >= 0.3 is 0 Å². The third-order valence-corrected chi connectivity index (χ3v) is 15.3. The summed E-state index contributed by atoms with van der Waals surface area (Å²) in [6.07, 6.45) is 6.09. The SMILES string of the molecule is CC(C)[Si](OC[C@]12C[C@@H]3OC[C@]14CCCC[C@@]34[C@@H]2O)(C(C)C)C(C)C. The quantitative estimate of drug-likeness (QED) is 0.680. The molecule has 0 aromatic carbocycles. The van der Waals surface area contributed by atoms with Gasteiger partial charge in [-0.25, -0.2) is 0 Å². The van der Waals surface area contributed by atoms with E-state index in [9.17, 15) is 5.11 Å². The lowest BCUT2D eigenvalue weighted by Crippen LogP contribution is -2.73. The fourth-order valence-electron chi connectivity index (χ4n) is 8.40. The van der Waals surface area contributed by atoms with Gasteiger partial charge in [-0.3, -0.25) is 0 Å². The van der Waals surface area contributed by atoms with Gasteiger partial charge in [0.15, 0.2) is 8.32 Å². The van der Waals surface area contributed by atoms with Crippen molar-refractivity contribution in [2.75, 3.05) is 13.2 Å². The van der Waals surface area contributed by atoms with Crippen LogP contribution in [0.25, 0.3) is 0 Å². The molecule has 5 aliphatic rings. The van der Waals surface area contributed by atoms with Gasteiger partial charge in [0.2, 0.25) is 0 Å². The third-order valence-electron chi connectivity index (χ3n) is 9.24. The lowest BCUT2D eigenvalue weighted by molar-refractivity contribution is -0.277. The molecule has 1 aliphatic heterocycles. The molecule has 144 valence electrons. The molecule has 1 saturated heterocycles. The van der Waals surface area contributed by atoms with Crippen molar-refractivity contribution in [2.24, 2.45) is 16.2 Å². The van der Waals surface area contributed by atoms with Crippen LogP contribution in [0.1, 0.15) is 73.6 Å². The number of hydrogen-bond acceptors (Lipinski definition) is 3. The fourth-order valence-corrected chi connectivity index (χ4v) is 13.9. The summed E-state index contributed by atoms with van der Waals surface area (Å²) in [6, 6.07) is 0. The van der Waals surface area contributed by atoms with Crippen LogP contribution in [0.15, 0.2) is 0 Å². The van der Waals surface area contributed by atoms with E-state index in [4.69, 9.17) is 9.16 Å². The molecule has 1 heterocycles. The van der Waals surface area contributed by atoms with Crippen LogP contribution >= 0.6 is 0 Å². The maximum Gasteiger partial charge on any atom is 0.200 e. The maximum atomic E-state index is 11.3. The maximum absolute atomic E-state index is 11.3. The summed E-state index contributed by atoms with van der Waals surface area (Å²) in [5.41, 5.74) is 2.08. The Kier molecular flexibility index (Phi) is 4.10. The topological polar surface area (TPSA) is 38.7 Å². The largest absolute Gasteiger partial charge is 0.415 e. The van der Waals surface area contributed by atoms with Gasteiger partial charge in [0.05, 0.1) is 18.8 Å². The molecular weight excluding hydrogens is 328 g/mol. The first-order valence-electron chi connectivity index (χ1n) is 10.6. The molecule has 0 unspecified atom stereocenters. The monoisotopic (exact) mass is 366 g/mol. The molecule has 4 bridgehead atoms. The molecule has 0 aromatic heterocycles. The number of aliphatic hydroxyl groups is 1. The van der Waals surface area contributed by atoms with Gasteiger partial charge in [-0.15, -0.1) is 0 Å². The summed E-state index contributed by atoms with van der Waals surface area (Å²) in [7, 11) is -1.89. The molecule has 1 N–H and O–H groups in total. The summed E-state index contributed by atoms with van der Waals surface area (Å²) in [5.74, 6) is 0. The summed E-state index contributed by atoms with van der Waals surface area (Å²) < 4.78 is 13.2. The van der Waals surface area contributed by atoms with Crippen molar-refractivity contribution in [3.05, 3.63) is 0 Å². The minimum atomic E-state index is -1.89. The molecule has 0 aromatic rings. The second kappa shape index (κ2) is 5.56. The van der Waals surface area contributed by atoms with Gasteiger partial charge in [0, 0.05) is 22.9 Å². The van der Waals surface area contributed by atoms with Crippen LogP contribution in [0.3, 0.4) is 0 Å². The zero-order chi connectivity index (χ0) is 18.3. The van der Waals surface area contributed by atoms with E-state index >= 15 is 0 Å². The second-order valence-electron chi connectivity index (χ2n) is 10.5. The van der Waals surface area contributed by atoms with E-state index in [0.29, 0.717) is 22.7 Å². The normalized spacial score (nSPS) is 45.4. The van der Waals surface area contributed by atoms with Gasteiger partial charge in [-0.2, -0.15) is 0 Å². The van der Waals surface area contributed by atoms with E-state index in [0.717, 1.165) is 19.6 Å². The van der Waals surface area contributed by atoms with Crippen LogP contribution in [0.5, 0.6) is 0 Å². The van der Waals surface area contributed by atoms with Crippen LogP contribution in [-0.2, 0) is 9.16 Å². The molecule has 3 nitrogen and oxygen atoms in total. The molecular formula is C21H38O3Si. The van der Waals surface area contributed by atoms with Crippen molar-refractivity contribution in [2.45, 2.75) is 102 Å². The predicted molar refractivity (Wildman–Crippen MR) is 103 cm³/mol. The Hall–Kier alpha value is 0.0969. The Balaban J connectivity index is 1.63. The highest BCUT2D eigenvalue weighted by Crippen LogP contribution is 2.85. The Morgan fingerprint density at radius 3 is 2.24 bits per heavy atom. The van der Waals surface area contributed by atoms with Crippen LogP contribution in [0, 0.1) is 16.2 Å². The highest BCUT2D eigenvalue weighted by molar-refractivity contribution is 6.77. The van der Waals surface area contributed by atoms with Crippen LogP contribution in [-0.4, -0.2) is 38.8 Å². The zero-order valence-electron chi connectivity index (χ0n) is 17.1. The van der Waals surface area contributed by atoms with Crippen LogP contribution < -0.4 is 0 Å². The third kappa shape index (κ3) is 1.79. The summed E-state index contributed by atoms with van der Waals surface area (Å²) in [5, 5.41) is 11.3. The van der Waals surface area contributed by atoms with Gasteiger partial charge in [-0.05, 0) is 35.9 Å². The van der Waals surface area contributed by atoms with Crippen molar-refractivity contribution < 1.29 is 14.3 Å². The van der Waals surface area contributed by atoms with Crippen molar-refractivity contribution in [3.8, 4) is 0 Å². The fraction of sp³-hybridized carbons (Fsp3) is 1.00. The Morgan fingerprint density at radius 2 is 1.64 bits per heavy atom. The van der Waals surface area contributed by atoms with E-state index < -0.39 is 8.32 Å². The molecule has 5 atom stereocenters. The van der Waals surface area contributed by atoms with E-state index in [1.54, 1.807) is 0 Å². The van der Waals surface area contributed by atoms with Crippen LogP contribution in [0.2, 0.25) is 16.6 Å². The average Bonchev–Trinajstić information content (AvgIpc) is 3.08. The molecule has 5 fully saturated rings. The van der Waals surface area contributed by atoms with Gasteiger partial charge in [-0.1, -0.05) is 54.4 Å². The molecule has 4 aliphatic carbocycles. The smallest absolute Gasteiger partial charge is 0.200 e. The molecule has 0 radical (unpaired) electrons. The summed E-state index contributed by atoms with van der Waals surface area (Å²) >= 11 is 0. The van der Waals surface area contributed by atoms with Gasteiger partial charge in [0.25, 0.3) is 0 Å². The molecule has 0 amide bonds.